The van der Waals surface area contributed by atoms with Gasteiger partial charge in [0, 0.05) is 18.4 Å². The van der Waals surface area contributed by atoms with Crippen molar-refractivity contribution in [2.45, 2.75) is 6.42 Å². The maximum atomic E-state index is 11.7. The fraction of sp³-hybridized carbons (Fsp3) is 0.400. The summed E-state index contributed by atoms with van der Waals surface area (Å²) in [6.45, 7) is 0.270. The first-order valence-electron chi connectivity index (χ1n) is 5.17. The zero-order valence-corrected chi connectivity index (χ0v) is 11.4. The minimum absolute atomic E-state index is 0.0342. The second-order valence-corrected chi connectivity index (χ2v) is 6.49. The number of nitrogens with zero attached hydrogens (tertiary/aromatic N) is 1. The van der Waals surface area contributed by atoms with E-state index in [9.17, 15) is 13.2 Å². The summed E-state index contributed by atoms with van der Waals surface area (Å²) >= 11 is 5.66. The molecular formula is C10H14ClN3O3S. The normalized spacial score (nSPS) is 11.2. The van der Waals surface area contributed by atoms with E-state index in [-0.39, 0.29) is 29.2 Å². The SMILES string of the molecule is CS(=O)(=O)CCCNC(=O)c1cc(N)nc(Cl)c1. The number of hydrogen-bond acceptors (Lipinski definition) is 5. The van der Waals surface area contributed by atoms with Crippen LogP contribution in [0.2, 0.25) is 5.15 Å². The third-order valence-electron chi connectivity index (χ3n) is 2.05. The van der Waals surface area contributed by atoms with Crippen LogP contribution in [0.25, 0.3) is 0 Å². The van der Waals surface area contributed by atoms with E-state index in [0.29, 0.717) is 12.0 Å². The predicted molar refractivity (Wildman–Crippen MR) is 70.3 cm³/mol. The van der Waals surface area contributed by atoms with Crippen molar-refractivity contribution in [3.63, 3.8) is 0 Å². The molecule has 6 nitrogen and oxygen atoms in total. The average Bonchev–Trinajstić information content (AvgIpc) is 2.21. The summed E-state index contributed by atoms with van der Waals surface area (Å²) in [4.78, 5) is 15.4. The molecule has 0 aliphatic rings. The number of amides is 1. The molecule has 1 aromatic heterocycles. The second-order valence-electron chi connectivity index (χ2n) is 3.84. The van der Waals surface area contributed by atoms with Gasteiger partial charge in [0.15, 0.2) is 0 Å². The predicted octanol–water partition coefficient (Wildman–Crippen LogP) is 0.482. The highest BCUT2D eigenvalue weighted by atomic mass is 35.5. The number of nitrogen functional groups attached to an aromatic ring is 1. The van der Waals surface area contributed by atoms with Gasteiger partial charge in [0.05, 0.1) is 5.75 Å². The molecule has 0 aliphatic heterocycles. The first kappa shape index (κ1) is 14.7. The maximum Gasteiger partial charge on any atom is 0.251 e. The minimum Gasteiger partial charge on any atom is -0.384 e. The molecule has 3 N–H and O–H groups in total. The number of anilines is 1. The molecule has 0 unspecified atom stereocenters. The molecule has 0 bridgehead atoms. The van der Waals surface area contributed by atoms with Gasteiger partial charge in [-0.25, -0.2) is 13.4 Å². The number of aromatic nitrogens is 1. The van der Waals surface area contributed by atoms with Gasteiger partial charge < -0.3 is 11.1 Å². The van der Waals surface area contributed by atoms with Crippen molar-refractivity contribution < 1.29 is 13.2 Å². The van der Waals surface area contributed by atoms with Crippen LogP contribution in [0.4, 0.5) is 5.82 Å². The van der Waals surface area contributed by atoms with E-state index in [1.54, 1.807) is 0 Å². The van der Waals surface area contributed by atoms with E-state index in [1.807, 2.05) is 0 Å². The molecule has 1 rings (SSSR count). The van der Waals surface area contributed by atoms with E-state index < -0.39 is 9.84 Å². The maximum absolute atomic E-state index is 11.7. The zero-order chi connectivity index (χ0) is 13.8. The monoisotopic (exact) mass is 291 g/mol. The molecule has 100 valence electrons. The average molecular weight is 292 g/mol. The number of carbonyl (C=O) groups is 1. The lowest BCUT2D eigenvalue weighted by atomic mass is 10.2. The summed E-state index contributed by atoms with van der Waals surface area (Å²) < 4.78 is 21.8. The Morgan fingerprint density at radius 1 is 1.50 bits per heavy atom. The molecule has 0 saturated carbocycles. The Labute approximate surface area is 110 Å². The number of carbonyl (C=O) groups excluding carboxylic acids is 1. The molecule has 0 aromatic carbocycles. The van der Waals surface area contributed by atoms with E-state index in [0.717, 1.165) is 6.26 Å². The van der Waals surface area contributed by atoms with Crippen molar-refractivity contribution in [1.82, 2.24) is 10.3 Å². The van der Waals surface area contributed by atoms with Gasteiger partial charge in [-0.3, -0.25) is 4.79 Å². The van der Waals surface area contributed by atoms with Crippen LogP contribution in [0.5, 0.6) is 0 Å². The lowest BCUT2D eigenvalue weighted by molar-refractivity contribution is 0.0953. The van der Waals surface area contributed by atoms with Crippen LogP contribution >= 0.6 is 11.6 Å². The van der Waals surface area contributed by atoms with Crippen molar-refractivity contribution in [3.8, 4) is 0 Å². The number of halogens is 1. The van der Waals surface area contributed by atoms with Gasteiger partial charge in [-0.05, 0) is 18.6 Å². The Hall–Kier alpha value is -1.34. The summed E-state index contributed by atoms with van der Waals surface area (Å²) in [5.41, 5.74) is 5.75. The lowest BCUT2D eigenvalue weighted by Crippen LogP contribution is -2.26. The number of pyridine rings is 1. The van der Waals surface area contributed by atoms with Gasteiger partial charge in [-0.1, -0.05) is 11.6 Å². The quantitative estimate of drug-likeness (QED) is 0.607. The van der Waals surface area contributed by atoms with Crippen molar-refractivity contribution in [2.75, 3.05) is 24.3 Å². The largest absolute Gasteiger partial charge is 0.384 e. The second kappa shape index (κ2) is 6.01. The van der Waals surface area contributed by atoms with Crippen LogP contribution in [0, 0.1) is 0 Å². The molecule has 0 atom stereocenters. The molecule has 0 saturated heterocycles. The molecule has 1 amide bonds. The van der Waals surface area contributed by atoms with Crippen molar-refractivity contribution >= 4 is 33.2 Å². The van der Waals surface area contributed by atoms with Crippen LogP contribution in [-0.2, 0) is 9.84 Å². The minimum atomic E-state index is -3.00. The molecular weight excluding hydrogens is 278 g/mol. The van der Waals surface area contributed by atoms with E-state index in [2.05, 4.69) is 10.3 Å². The lowest BCUT2D eigenvalue weighted by Gasteiger charge is -2.05. The number of rotatable bonds is 5. The van der Waals surface area contributed by atoms with Crippen LogP contribution in [0.15, 0.2) is 12.1 Å². The third kappa shape index (κ3) is 5.33. The Morgan fingerprint density at radius 3 is 2.72 bits per heavy atom. The number of sulfone groups is 1. The van der Waals surface area contributed by atoms with Gasteiger partial charge in [0.25, 0.3) is 5.91 Å². The molecule has 8 heteroatoms. The molecule has 1 aromatic rings. The van der Waals surface area contributed by atoms with Crippen molar-refractivity contribution in [2.24, 2.45) is 0 Å². The smallest absolute Gasteiger partial charge is 0.251 e. The van der Waals surface area contributed by atoms with Crippen LogP contribution in [0.1, 0.15) is 16.8 Å². The molecule has 0 spiro atoms. The molecule has 1 heterocycles. The van der Waals surface area contributed by atoms with E-state index in [1.165, 1.54) is 12.1 Å². The molecule has 18 heavy (non-hydrogen) atoms. The molecule has 0 radical (unpaired) electrons. The number of hydrogen-bond donors (Lipinski definition) is 2. The van der Waals surface area contributed by atoms with Crippen LogP contribution in [0.3, 0.4) is 0 Å². The van der Waals surface area contributed by atoms with Crippen molar-refractivity contribution in [3.05, 3.63) is 22.8 Å². The van der Waals surface area contributed by atoms with E-state index >= 15 is 0 Å². The summed E-state index contributed by atoms with van der Waals surface area (Å²) in [5.74, 6) is -0.171. The molecule has 0 aliphatic carbocycles. The Bertz CT molecular complexity index is 525. The summed E-state index contributed by atoms with van der Waals surface area (Å²) in [5, 5.41) is 2.72. The fourth-order valence-corrected chi connectivity index (χ4v) is 2.17. The highest BCUT2D eigenvalue weighted by molar-refractivity contribution is 7.90. The number of nitrogens with two attached hydrogens (primary N) is 1. The first-order valence-corrected chi connectivity index (χ1v) is 7.61. The Balaban J connectivity index is 2.51. The fourth-order valence-electron chi connectivity index (χ4n) is 1.29. The molecule has 0 fully saturated rings. The van der Waals surface area contributed by atoms with Crippen LogP contribution in [-0.4, -0.2) is 37.9 Å². The highest BCUT2D eigenvalue weighted by Gasteiger charge is 2.08. The van der Waals surface area contributed by atoms with Crippen molar-refractivity contribution in [1.29, 1.82) is 0 Å². The number of nitrogens with one attached hydrogen (secondary N) is 1. The van der Waals surface area contributed by atoms with Gasteiger partial charge in [0.1, 0.15) is 20.8 Å². The summed E-state index contributed by atoms with van der Waals surface area (Å²) in [7, 11) is -3.00. The summed E-state index contributed by atoms with van der Waals surface area (Å²) in [6, 6.07) is 2.79. The Kier molecular flexibility index (Phi) is 4.92. The third-order valence-corrected chi connectivity index (χ3v) is 3.28. The highest BCUT2D eigenvalue weighted by Crippen LogP contribution is 2.11. The van der Waals surface area contributed by atoms with E-state index in [4.69, 9.17) is 17.3 Å². The van der Waals surface area contributed by atoms with Gasteiger partial charge >= 0.3 is 0 Å². The topological polar surface area (TPSA) is 102 Å². The van der Waals surface area contributed by atoms with Gasteiger partial charge in [-0.2, -0.15) is 0 Å². The zero-order valence-electron chi connectivity index (χ0n) is 9.81. The first-order chi connectivity index (χ1) is 8.28. The van der Waals surface area contributed by atoms with Crippen LogP contribution < -0.4 is 11.1 Å². The standard InChI is InChI=1S/C10H14ClN3O3S/c1-18(16,17)4-2-3-13-10(15)7-5-8(11)14-9(12)6-7/h5-6H,2-4H2,1H3,(H2,12,14)(H,13,15). The Morgan fingerprint density at radius 2 is 2.17 bits per heavy atom. The summed E-state index contributed by atoms with van der Waals surface area (Å²) in [6.07, 6.45) is 1.51. The van der Waals surface area contributed by atoms with Gasteiger partial charge in [-0.15, -0.1) is 0 Å². The van der Waals surface area contributed by atoms with Gasteiger partial charge in [0.2, 0.25) is 0 Å².